The summed E-state index contributed by atoms with van der Waals surface area (Å²) >= 11 is 12.4. The van der Waals surface area contributed by atoms with Crippen molar-refractivity contribution >= 4 is 46.0 Å². The van der Waals surface area contributed by atoms with E-state index in [1.807, 2.05) is 32.5 Å². The number of aromatic amines is 1. The molecule has 0 spiro atoms. The van der Waals surface area contributed by atoms with Gasteiger partial charge in [-0.2, -0.15) is 0 Å². The van der Waals surface area contributed by atoms with E-state index in [4.69, 9.17) is 23.2 Å². The Morgan fingerprint density at radius 2 is 2.08 bits per heavy atom. The van der Waals surface area contributed by atoms with Gasteiger partial charge in [0.05, 0.1) is 5.02 Å². The summed E-state index contributed by atoms with van der Waals surface area (Å²) in [5.41, 5.74) is 5.41. The number of halogens is 3. The lowest BCUT2D eigenvalue weighted by molar-refractivity contribution is 0.626. The summed E-state index contributed by atoms with van der Waals surface area (Å²) in [4.78, 5) is 11.8. The highest BCUT2D eigenvalue weighted by atomic mass is 35.5. The highest BCUT2D eigenvalue weighted by molar-refractivity contribution is 6.36. The Labute approximate surface area is 161 Å². The maximum atomic E-state index is 13.8. The molecule has 134 valence electrons. The number of nitrogens with one attached hydrogen (secondary N) is 1. The maximum absolute atomic E-state index is 13.8. The third-order valence-electron chi connectivity index (χ3n) is 4.23. The van der Waals surface area contributed by atoms with E-state index < -0.39 is 5.82 Å². The van der Waals surface area contributed by atoms with Gasteiger partial charge < -0.3 is 4.98 Å². The Balaban J connectivity index is 2.10. The summed E-state index contributed by atoms with van der Waals surface area (Å²) in [6.07, 6.45) is 5.90. The first kappa shape index (κ1) is 18.6. The fourth-order valence-corrected chi connectivity index (χ4v) is 3.40. The number of hydrogen-bond donors (Lipinski definition) is 1. The van der Waals surface area contributed by atoms with Crippen LogP contribution in [-0.2, 0) is 6.42 Å². The average molecular weight is 390 g/mol. The number of hydrogen-bond acceptors (Lipinski definition) is 2. The van der Waals surface area contributed by atoms with E-state index in [2.05, 4.69) is 21.0 Å². The summed E-state index contributed by atoms with van der Waals surface area (Å²) < 4.78 is 13.8. The number of allylic oxidation sites excluding steroid dienone is 2. The van der Waals surface area contributed by atoms with Gasteiger partial charge in [-0.1, -0.05) is 28.8 Å². The third kappa shape index (κ3) is 3.53. The second-order valence-electron chi connectivity index (χ2n) is 6.23. The van der Waals surface area contributed by atoms with Crippen LogP contribution in [-0.4, -0.2) is 23.2 Å². The lowest BCUT2D eigenvalue weighted by Gasteiger charge is -2.08. The van der Waals surface area contributed by atoms with Gasteiger partial charge in [-0.05, 0) is 48.7 Å². The lowest BCUT2D eigenvalue weighted by Crippen LogP contribution is -1.94. The van der Waals surface area contributed by atoms with Gasteiger partial charge in [0.2, 0.25) is 0 Å². The van der Waals surface area contributed by atoms with Crippen molar-refractivity contribution in [1.82, 2.24) is 9.97 Å². The molecular formula is C20H18Cl2FN3. The first-order valence-electron chi connectivity index (χ1n) is 8.10. The van der Waals surface area contributed by atoms with E-state index in [0.29, 0.717) is 17.0 Å². The SMILES string of the molecule is CN=CC(=C(C)C)c1cnc2[nH]cc(Cc3c(Cl)ccc(F)c3Cl)c2c1. The Morgan fingerprint density at radius 3 is 2.77 bits per heavy atom. The van der Waals surface area contributed by atoms with Crippen molar-refractivity contribution in [3.63, 3.8) is 0 Å². The monoisotopic (exact) mass is 389 g/mol. The van der Waals surface area contributed by atoms with E-state index in [1.165, 1.54) is 12.1 Å². The molecule has 0 aliphatic carbocycles. The molecule has 2 aromatic heterocycles. The van der Waals surface area contributed by atoms with Gasteiger partial charge in [-0.15, -0.1) is 0 Å². The van der Waals surface area contributed by atoms with Gasteiger partial charge in [0.15, 0.2) is 0 Å². The molecule has 0 bridgehead atoms. The van der Waals surface area contributed by atoms with Crippen LogP contribution in [0.2, 0.25) is 10.0 Å². The minimum atomic E-state index is -0.476. The standard InChI is InChI=1S/C20H18Cl2FN3/c1-11(2)16(10-24-3)13-6-14-12(8-25-20(14)26-9-13)7-15-17(21)4-5-18(23)19(15)22/h4-6,8-10H,7H2,1-3H3,(H,25,26). The zero-order valence-electron chi connectivity index (χ0n) is 14.7. The predicted molar refractivity (Wildman–Crippen MR) is 108 cm³/mol. The van der Waals surface area contributed by atoms with Crippen LogP contribution in [0.3, 0.4) is 0 Å². The van der Waals surface area contributed by atoms with E-state index in [1.54, 1.807) is 7.05 Å². The number of rotatable bonds is 4. The Kier molecular flexibility index (Phi) is 5.44. The molecule has 26 heavy (non-hydrogen) atoms. The second-order valence-corrected chi connectivity index (χ2v) is 7.02. The van der Waals surface area contributed by atoms with Gasteiger partial charge in [0.1, 0.15) is 11.5 Å². The van der Waals surface area contributed by atoms with Gasteiger partial charge in [0, 0.05) is 48.0 Å². The van der Waals surface area contributed by atoms with Gasteiger partial charge >= 0.3 is 0 Å². The number of benzene rings is 1. The van der Waals surface area contributed by atoms with Crippen LogP contribution in [0.1, 0.15) is 30.5 Å². The predicted octanol–water partition coefficient (Wildman–Crippen LogP) is 6.09. The number of aliphatic imine (C=N–C) groups is 1. The highest BCUT2D eigenvalue weighted by Crippen LogP contribution is 2.32. The van der Waals surface area contributed by atoms with Crippen molar-refractivity contribution < 1.29 is 4.39 Å². The first-order valence-corrected chi connectivity index (χ1v) is 8.86. The van der Waals surface area contributed by atoms with Crippen molar-refractivity contribution in [2.45, 2.75) is 20.3 Å². The number of nitrogens with zero attached hydrogens (tertiary/aromatic N) is 2. The zero-order chi connectivity index (χ0) is 18.8. The van der Waals surface area contributed by atoms with Crippen LogP contribution in [0, 0.1) is 5.82 Å². The smallest absolute Gasteiger partial charge is 0.142 e. The summed E-state index contributed by atoms with van der Waals surface area (Å²) in [5, 5.41) is 1.44. The van der Waals surface area contributed by atoms with Crippen molar-refractivity contribution in [1.29, 1.82) is 0 Å². The fourth-order valence-electron chi connectivity index (χ4n) is 2.89. The van der Waals surface area contributed by atoms with E-state index in [0.717, 1.165) is 33.3 Å². The molecule has 0 radical (unpaired) electrons. The summed E-state index contributed by atoms with van der Waals surface area (Å²) in [5.74, 6) is -0.476. The molecule has 1 aromatic carbocycles. The molecule has 0 atom stereocenters. The summed E-state index contributed by atoms with van der Waals surface area (Å²) in [6, 6.07) is 4.85. The minimum Gasteiger partial charge on any atom is -0.346 e. The number of pyridine rings is 1. The molecule has 0 amide bonds. The second kappa shape index (κ2) is 7.60. The van der Waals surface area contributed by atoms with Crippen molar-refractivity contribution in [2.75, 3.05) is 7.05 Å². The minimum absolute atomic E-state index is 0.0547. The molecular weight excluding hydrogens is 372 g/mol. The number of fused-ring (bicyclic) bond motifs is 1. The third-order valence-corrected chi connectivity index (χ3v) is 4.99. The van der Waals surface area contributed by atoms with Crippen LogP contribution >= 0.6 is 23.2 Å². The van der Waals surface area contributed by atoms with E-state index in [-0.39, 0.29) is 5.02 Å². The van der Waals surface area contributed by atoms with Crippen LogP contribution in [0.15, 0.2) is 41.2 Å². The Hall–Kier alpha value is -2.17. The van der Waals surface area contributed by atoms with Crippen LogP contribution < -0.4 is 0 Å². The highest BCUT2D eigenvalue weighted by Gasteiger charge is 2.15. The summed E-state index contributed by atoms with van der Waals surface area (Å²) in [7, 11) is 1.74. The van der Waals surface area contributed by atoms with Crippen LogP contribution in [0.25, 0.3) is 16.6 Å². The van der Waals surface area contributed by atoms with Gasteiger partial charge in [-0.3, -0.25) is 4.99 Å². The van der Waals surface area contributed by atoms with E-state index in [9.17, 15) is 4.39 Å². The molecule has 0 saturated heterocycles. The molecule has 3 nitrogen and oxygen atoms in total. The maximum Gasteiger partial charge on any atom is 0.142 e. The topological polar surface area (TPSA) is 41.0 Å². The van der Waals surface area contributed by atoms with Crippen molar-refractivity contribution in [3.8, 4) is 0 Å². The lowest BCUT2D eigenvalue weighted by atomic mass is 10.0. The molecule has 3 aromatic rings. The molecule has 0 aliphatic heterocycles. The summed E-state index contributed by atoms with van der Waals surface area (Å²) in [6.45, 7) is 4.07. The van der Waals surface area contributed by atoms with E-state index >= 15 is 0 Å². The molecule has 2 heterocycles. The molecule has 0 aliphatic rings. The van der Waals surface area contributed by atoms with Crippen LogP contribution in [0.5, 0.6) is 0 Å². The van der Waals surface area contributed by atoms with Crippen molar-refractivity contribution in [3.05, 3.63) is 68.7 Å². The van der Waals surface area contributed by atoms with Crippen molar-refractivity contribution in [2.24, 2.45) is 4.99 Å². The molecule has 1 N–H and O–H groups in total. The molecule has 0 fully saturated rings. The first-order chi connectivity index (χ1) is 12.4. The normalized spacial score (nSPS) is 11.5. The van der Waals surface area contributed by atoms with Crippen LogP contribution in [0.4, 0.5) is 4.39 Å². The quantitative estimate of drug-likeness (QED) is 0.425. The zero-order valence-corrected chi connectivity index (χ0v) is 16.2. The molecule has 0 unspecified atom stereocenters. The number of H-pyrrole nitrogens is 1. The molecule has 6 heteroatoms. The number of aromatic nitrogens is 2. The Morgan fingerprint density at radius 1 is 1.31 bits per heavy atom. The van der Waals surface area contributed by atoms with Gasteiger partial charge in [-0.25, -0.2) is 9.37 Å². The molecule has 3 rings (SSSR count). The Bertz CT molecular complexity index is 1030. The molecule has 0 saturated carbocycles. The average Bonchev–Trinajstić information content (AvgIpc) is 3.01. The largest absolute Gasteiger partial charge is 0.346 e. The fraction of sp³-hybridized carbons (Fsp3) is 0.200. The van der Waals surface area contributed by atoms with Gasteiger partial charge in [0.25, 0.3) is 0 Å².